The van der Waals surface area contributed by atoms with E-state index >= 15 is 0 Å². The summed E-state index contributed by atoms with van der Waals surface area (Å²) in [4.78, 5) is 10.5. The molecule has 1 rings (SSSR count). The van der Waals surface area contributed by atoms with Gasteiger partial charge in [-0.15, -0.1) is 4.91 Å². The maximum absolute atomic E-state index is 10.8. The number of rotatable bonds is 4. The van der Waals surface area contributed by atoms with E-state index in [0.717, 1.165) is 0 Å². The van der Waals surface area contributed by atoms with Gasteiger partial charge in [0, 0.05) is 0 Å². The Hall–Kier alpha value is -0.470. The number of para-hydroxylation sites is 1. The van der Waals surface area contributed by atoms with E-state index in [-0.39, 0.29) is 29.6 Å². The number of benzene rings is 1. The molecule has 1 aromatic carbocycles. The minimum Gasteiger partial charge on any atom is -0.284 e. The Labute approximate surface area is 116 Å². The molecule has 0 aromatic heterocycles. The van der Waals surface area contributed by atoms with E-state index in [1.807, 2.05) is 0 Å². The topological polar surface area (TPSA) is 87.0 Å². The summed E-state index contributed by atoms with van der Waals surface area (Å²) in [5, 5.41) is 1.85. The molecule has 0 aliphatic heterocycles. The Morgan fingerprint density at radius 1 is 1.31 bits per heavy atom. The van der Waals surface area contributed by atoms with Crippen LogP contribution in [0.25, 0.3) is 0 Å². The number of hydrogen-bond acceptors (Lipinski definition) is 4. The Morgan fingerprint density at radius 3 is 2.19 bits per heavy atom. The number of anilines is 1. The van der Waals surface area contributed by atoms with Gasteiger partial charge >= 0.3 is 29.6 Å². The van der Waals surface area contributed by atoms with Crippen LogP contribution >= 0.6 is 0 Å². The summed E-state index contributed by atoms with van der Waals surface area (Å²) in [6.07, 6.45) is 0. The van der Waals surface area contributed by atoms with Gasteiger partial charge in [-0.2, -0.15) is 8.42 Å². The Balaban J connectivity index is 0.00000225. The van der Waals surface area contributed by atoms with Crippen LogP contribution in [0, 0.1) is 4.91 Å². The summed E-state index contributed by atoms with van der Waals surface area (Å²) >= 11 is 0. The summed E-state index contributed by atoms with van der Waals surface area (Å²) in [5.74, 6) is 0. The summed E-state index contributed by atoms with van der Waals surface area (Å²) in [7, 11) is -4.33. The van der Waals surface area contributed by atoms with Crippen LogP contribution in [0.5, 0.6) is 0 Å². The van der Waals surface area contributed by atoms with Gasteiger partial charge in [-0.05, 0) is 19.1 Å². The number of nitroso groups, excluding NO2 is 1. The van der Waals surface area contributed by atoms with E-state index in [0.29, 0.717) is 10.7 Å². The van der Waals surface area contributed by atoms with Gasteiger partial charge in [-0.1, -0.05) is 18.2 Å². The largest absolute Gasteiger partial charge is 1.00 e. The molecule has 0 aliphatic rings. The summed E-state index contributed by atoms with van der Waals surface area (Å²) in [6, 6.07) is 8.01. The molecule has 16 heavy (non-hydrogen) atoms. The quantitative estimate of drug-likeness (QED) is 0.302. The molecule has 0 amide bonds. The van der Waals surface area contributed by atoms with Gasteiger partial charge < -0.3 is 0 Å². The number of hydrogen-bond donors (Lipinski definition) is 1. The molecule has 1 aromatic rings. The third-order valence-corrected chi connectivity index (χ3v) is 2.95. The minimum absolute atomic E-state index is 0. The fraction of sp³-hybridized carbons (Fsp3) is 0.250. The van der Waals surface area contributed by atoms with Crippen molar-refractivity contribution < 1.29 is 42.5 Å². The maximum atomic E-state index is 10.8. The van der Waals surface area contributed by atoms with Crippen LogP contribution in [0.2, 0.25) is 0 Å². The van der Waals surface area contributed by atoms with E-state index in [1.165, 1.54) is 19.1 Å². The van der Waals surface area contributed by atoms with Gasteiger partial charge in [0.15, 0.2) is 5.37 Å². The first-order valence-electron chi connectivity index (χ1n) is 4.10. The molecule has 0 spiro atoms. The van der Waals surface area contributed by atoms with Crippen LogP contribution in [0.4, 0.5) is 5.69 Å². The van der Waals surface area contributed by atoms with Gasteiger partial charge in [0.2, 0.25) is 0 Å². The van der Waals surface area contributed by atoms with Crippen LogP contribution in [0.15, 0.2) is 35.6 Å². The molecular weight excluding hydrogens is 243 g/mol. The van der Waals surface area contributed by atoms with Crippen LogP contribution in [0.3, 0.4) is 0 Å². The summed E-state index contributed by atoms with van der Waals surface area (Å²) in [5.41, 5.74) is 0.303. The van der Waals surface area contributed by atoms with Crippen molar-refractivity contribution in [2.75, 3.05) is 5.01 Å². The van der Waals surface area contributed by atoms with Crippen molar-refractivity contribution >= 4 is 15.8 Å². The van der Waals surface area contributed by atoms with Crippen LogP contribution in [0.1, 0.15) is 6.92 Å². The minimum atomic E-state index is -4.33. The number of nitrogens with zero attached hydrogens (tertiary/aromatic N) is 2. The van der Waals surface area contributed by atoms with Gasteiger partial charge in [-0.25, -0.2) is 5.01 Å². The third kappa shape index (κ3) is 3.84. The van der Waals surface area contributed by atoms with Crippen molar-refractivity contribution in [3.05, 3.63) is 35.2 Å². The monoisotopic (exact) mass is 253 g/mol. The second-order valence-electron chi connectivity index (χ2n) is 2.88. The van der Waals surface area contributed by atoms with Crippen molar-refractivity contribution in [2.45, 2.75) is 12.3 Å². The Kier molecular flexibility index (Phi) is 6.13. The van der Waals surface area contributed by atoms with Crippen molar-refractivity contribution in [1.82, 2.24) is 0 Å². The van der Waals surface area contributed by atoms with Gasteiger partial charge in [0.05, 0.1) is 11.0 Å². The standard InChI is InChI=1S/C8H10N2O4S.Na/c1-7(15(12,13)14)10(9-11)8-5-3-2-4-6-8;/h2-7H,1H3,(H,12,13,14);/q;+1. The molecule has 0 radical (unpaired) electrons. The van der Waals surface area contributed by atoms with E-state index in [9.17, 15) is 13.3 Å². The summed E-state index contributed by atoms with van der Waals surface area (Å²) < 4.78 is 30.4. The van der Waals surface area contributed by atoms with Gasteiger partial charge in [0.1, 0.15) is 0 Å². The predicted octanol–water partition coefficient (Wildman–Crippen LogP) is -1.59. The fourth-order valence-electron chi connectivity index (χ4n) is 1.03. The van der Waals surface area contributed by atoms with E-state index in [2.05, 4.69) is 5.29 Å². The molecule has 0 fully saturated rings. The maximum Gasteiger partial charge on any atom is 1.00 e. The zero-order chi connectivity index (χ0) is 11.5. The predicted molar refractivity (Wildman–Crippen MR) is 55.7 cm³/mol. The van der Waals surface area contributed by atoms with Gasteiger partial charge in [-0.3, -0.25) is 4.55 Å². The average Bonchev–Trinajstić information content (AvgIpc) is 2.19. The zero-order valence-corrected chi connectivity index (χ0v) is 11.8. The first kappa shape index (κ1) is 15.5. The third-order valence-electron chi connectivity index (χ3n) is 1.88. The molecule has 8 heteroatoms. The van der Waals surface area contributed by atoms with Crippen molar-refractivity contribution in [3.63, 3.8) is 0 Å². The molecule has 1 unspecified atom stereocenters. The molecule has 0 aliphatic carbocycles. The smallest absolute Gasteiger partial charge is 0.284 e. The molecule has 0 saturated heterocycles. The molecule has 0 saturated carbocycles. The molecular formula is C8H10N2NaO4S+. The van der Waals surface area contributed by atoms with Crippen molar-refractivity contribution in [1.29, 1.82) is 0 Å². The van der Waals surface area contributed by atoms with E-state index in [4.69, 9.17) is 4.55 Å². The Bertz CT molecular complexity index is 437. The van der Waals surface area contributed by atoms with Gasteiger partial charge in [0.25, 0.3) is 10.1 Å². The molecule has 6 nitrogen and oxygen atoms in total. The second kappa shape index (κ2) is 6.31. The van der Waals surface area contributed by atoms with Crippen LogP contribution < -0.4 is 34.6 Å². The Morgan fingerprint density at radius 2 is 1.81 bits per heavy atom. The van der Waals surface area contributed by atoms with E-state index < -0.39 is 15.5 Å². The zero-order valence-electron chi connectivity index (χ0n) is 8.94. The molecule has 1 atom stereocenters. The average molecular weight is 253 g/mol. The van der Waals surface area contributed by atoms with E-state index in [1.54, 1.807) is 18.2 Å². The normalized spacial score (nSPS) is 12.4. The van der Waals surface area contributed by atoms with Crippen molar-refractivity contribution in [2.24, 2.45) is 5.29 Å². The molecule has 0 heterocycles. The summed E-state index contributed by atoms with van der Waals surface area (Å²) in [6.45, 7) is 1.17. The first-order chi connectivity index (χ1) is 6.96. The second-order valence-corrected chi connectivity index (χ2v) is 4.59. The van der Waals surface area contributed by atoms with Crippen LogP contribution in [-0.4, -0.2) is 18.3 Å². The fourth-order valence-corrected chi connectivity index (χ4v) is 1.44. The SMILES string of the molecule is CC(N(N=O)c1ccccc1)S(=O)(=O)O.[Na+]. The molecule has 0 bridgehead atoms. The first-order valence-corrected chi connectivity index (χ1v) is 5.61. The molecule has 82 valence electrons. The van der Waals surface area contributed by atoms with Crippen LogP contribution in [-0.2, 0) is 10.1 Å². The molecule has 1 N–H and O–H groups in total. The van der Waals surface area contributed by atoms with Crippen molar-refractivity contribution in [3.8, 4) is 0 Å².